The summed E-state index contributed by atoms with van der Waals surface area (Å²) in [6, 6.07) is 4.76. The number of alkyl halides is 2. The number of nitrogens with one attached hydrogen (secondary N) is 3. The van der Waals surface area contributed by atoms with Gasteiger partial charge in [0, 0.05) is 25.0 Å². The summed E-state index contributed by atoms with van der Waals surface area (Å²) in [7, 11) is -3.46. The van der Waals surface area contributed by atoms with Gasteiger partial charge in [0.25, 0.3) is 5.91 Å². The van der Waals surface area contributed by atoms with Crippen LogP contribution in [0.4, 0.5) is 25.8 Å². The molecule has 0 saturated heterocycles. The van der Waals surface area contributed by atoms with Crippen molar-refractivity contribution in [1.29, 1.82) is 0 Å². The van der Waals surface area contributed by atoms with Gasteiger partial charge in [-0.1, -0.05) is 6.58 Å². The predicted octanol–water partition coefficient (Wildman–Crippen LogP) is 4.20. The topological polar surface area (TPSA) is 87.3 Å². The summed E-state index contributed by atoms with van der Waals surface area (Å²) in [4.78, 5) is 12.0. The molecule has 1 fully saturated rings. The van der Waals surface area contributed by atoms with Crippen LogP contribution in [-0.4, -0.2) is 32.5 Å². The Morgan fingerprint density at radius 1 is 1.25 bits per heavy atom. The normalized spacial score (nSPS) is 17.0. The van der Waals surface area contributed by atoms with Crippen LogP contribution in [0.3, 0.4) is 0 Å². The van der Waals surface area contributed by atoms with Gasteiger partial charge in [-0.3, -0.25) is 9.52 Å². The van der Waals surface area contributed by atoms with Gasteiger partial charge in [0.1, 0.15) is 0 Å². The fourth-order valence-electron chi connectivity index (χ4n) is 2.90. The van der Waals surface area contributed by atoms with E-state index < -0.39 is 21.9 Å². The van der Waals surface area contributed by atoms with Crippen LogP contribution in [0.25, 0.3) is 0 Å². The van der Waals surface area contributed by atoms with Crippen LogP contribution in [0.2, 0.25) is 0 Å². The third-order valence-electron chi connectivity index (χ3n) is 4.73. The highest BCUT2D eigenvalue weighted by atomic mass is 32.2. The Kier molecular flexibility index (Phi) is 7.03. The van der Waals surface area contributed by atoms with Crippen molar-refractivity contribution in [3.8, 4) is 0 Å². The van der Waals surface area contributed by atoms with Gasteiger partial charge < -0.3 is 10.6 Å². The van der Waals surface area contributed by atoms with Crippen molar-refractivity contribution in [1.82, 2.24) is 0 Å². The summed E-state index contributed by atoms with van der Waals surface area (Å²) < 4.78 is 52.6. The number of amides is 1. The molecule has 0 atom stereocenters. The van der Waals surface area contributed by atoms with E-state index in [9.17, 15) is 22.0 Å². The van der Waals surface area contributed by atoms with Crippen LogP contribution in [0.15, 0.2) is 30.4 Å². The average molecular weight is 416 g/mol. The summed E-state index contributed by atoms with van der Waals surface area (Å²) in [5.74, 6) is -2.93. The van der Waals surface area contributed by atoms with Crippen LogP contribution < -0.4 is 15.4 Å². The molecule has 6 nitrogen and oxygen atoms in total. The molecule has 0 bridgehead atoms. The first kappa shape index (κ1) is 22.1. The lowest BCUT2D eigenvalue weighted by Gasteiger charge is -2.28. The average Bonchev–Trinajstić information content (AvgIpc) is 2.61. The predicted molar refractivity (Wildman–Crippen MR) is 108 cm³/mol. The van der Waals surface area contributed by atoms with Gasteiger partial charge in [-0.2, -0.15) is 0 Å². The molecule has 0 spiro atoms. The summed E-state index contributed by atoms with van der Waals surface area (Å²) >= 11 is 0. The summed E-state index contributed by atoms with van der Waals surface area (Å²) in [6.07, 6.45) is 0.635. The van der Waals surface area contributed by atoms with Gasteiger partial charge in [-0.15, -0.1) is 0 Å². The quantitative estimate of drug-likeness (QED) is 0.556. The van der Waals surface area contributed by atoms with E-state index in [0.717, 1.165) is 0 Å². The maximum absolute atomic E-state index is 13.3. The number of rotatable bonds is 8. The Hall–Kier alpha value is -2.16. The third-order valence-corrected chi connectivity index (χ3v) is 6.03. The van der Waals surface area contributed by atoms with Crippen molar-refractivity contribution < 1.29 is 22.0 Å². The highest BCUT2D eigenvalue weighted by Gasteiger charge is 2.34. The Morgan fingerprint density at radius 3 is 2.46 bits per heavy atom. The molecule has 156 valence electrons. The van der Waals surface area contributed by atoms with Crippen LogP contribution in [0.1, 0.15) is 39.5 Å². The highest BCUT2D eigenvalue weighted by Crippen LogP contribution is 2.36. The zero-order chi connectivity index (χ0) is 20.9. The minimum atomic E-state index is -3.46. The van der Waals surface area contributed by atoms with E-state index in [1.165, 1.54) is 13.0 Å². The van der Waals surface area contributed by atoms with Crippen molar-refractivity contribution in [2.45, 2.75) is 45.5 Å². The highest BCUT2D eigenvalue weighted by molar-refractivity contribution is 7.92. The molecule has 0 radical (unpaired) electrons. The fraction of sp³-hybridized carbons (Fsp3) is 0.526. The number of benzene rings is 1. The van der Waals surface area contributed by atoms with Gasteiger partial charge in [-0.05, 0) is 50.8 Å². The van der Waals surface area contributed by atoms with Crippen LogP contribution in [0, 0.1) is 5.92 Å². The largest absolute Gasteiger partial charge is 0.383 e. The van der Waals surface area contributed by atoms with Crippen LogP contribution in [-0.2, 0) is 14.8 Å². The van der Waals surface area contributed by atoms with Crippen molar-refractivity contribution in [3.05, 3.63) is 30.4 Å². The van der Waals surface area contributed by atoms with E-state index in [1.54, 1.807) is 19.1 Å². The molecule has 1 aliphatic rings. The molecule has 9 heteroatoms. The third kappa shape index (κ3) is 6.47. The number of halogens is 2. The molecule has 1 aliphatic carbocycles. The van der Waals surface area contributed by atoms with E-state index in [1.807, 2.05) is 0 Å². The standard InChI is InChI=1S/C19H27F2N3O3S/c1-4-28(26,27)24-15-5-6-16(17(11-15)23-18(25)13(2)3)22-12-14-7-9-19(20,21)10-8-14/h5-6,11,14,22,24H,2,4,7-10,12H2,1,3H3,(H,23,25). The van der Waals surface area contributed by atoms with E-state index in [0.29, 0.717) is 42.0 Å². The SMILES string of the molecule is C=C(C)C(=O)Nc1cc(NS(=O)(=O)CC)ccc1NCC1CCC(F)(F)CC1. The van der Waals surface area contributed by atoms with Gasteiger partial charge in [-0.25, -0.2) is 17.2 Å². The Labute approximate surface area is 164 Å². The maximum atomic E-state index is 13.3. The van der Waals surface area contributed by atoms with Crippen molar-refractivity contribution in [2.75, 3.05) is 27.7 Å². The molecular weight excluding hydrogens is 388 g/mol. The van der Waals surface area contributed by atoms with Crippen molar-refractivity contribution >= 4 is 33.0 Å². The van der Waals surface area contributed by atoms with Gasteiger partial charge in [0.05, 0.1) is 22.8 Å². The molecule has 0 aliphatic heterocycles. The van der Waals surface area contributed by atoms with Crippen molar-refractivity contribution in [3.63, 3.8) is 0 Å². The number of sulfonamides is 1. The first-order valence-electron chi connectivity index (χ1n) is 9.24. The monoisotopic (exact) mass is 415 g/mol. The van der Waals surface area contributed by atoms with Crippen LogP contribution in [0.5, 0.6) is 0 Å². The Balaban J connectivity index is 2.14. The lowest BCUT2D eigenvalue weighted by atomic mass is 9.87. The molecular formula is C19H27F2N3O3S. The van der Waals surface area contributed by atoms with Crippen LogP contribution >= 0.6 is 0 Å². The molecule has 1 aromatic rings. The molecule has 0 heterocycles. The molecule has 1 saturated carbocycles. The summed E-state index contributed by atoms with van der Waals surface area (Å²) in [5, 5.41) is 5.89. The molecule has 1 aromatic carbocycles. The van der Waals surface area contributed by atoms with Crippen molar-refractivity contribution in [2.24, 2.45) is 5.92 Å². The number of hydrogen-bond donors (Lipinski definition) is 3. The minimum absolute atomic E-state index is 0.0766. The summed E-state index contributed by atoms with van der Waals surface area (Å²) in [6.45, 7) is 7.17. The number of anilines is 3. The molecule has 1 amide bonds. The molecule has 28 heavy (non-hydrogen) atoms. The van der Waals surface area contributed by atoms with Gasteiger partial charge >= 0.3 is 0 Å². The van der Waals surface area contributed by atoms with E-state index in [2.05, 4.69) is 21.9 Å². The first-order valence-corrected chi connectivity index (χ1v) is 10.9. The number of carbonyl (C=O) groups is 1. The molecule has 3 N–H and O–H groups in total. The van der Waals surface area contributed by atoms with E-state index in [4.69, 9.17) is 0 Å². The number of carbonyl (C=O) groups excluding carboxylic acids is 1. The zero-order valence-electron chi connectivity index (χ0n) is 16.1. The maximum Gasteiger partial charge on any atom is 0.250 e. The second kappa shape index (κ2) is 8.89. The lowest BCUT2D eigenvalue weighted by Crippen LogP contribution is -2.28. The fourth-order valence-corrected chi connectivity index (χ4v) is 3.53. The smallest absolute Gasteiger partial charge is 0.250 e. The Bertz CT molecular complexity index is 831. The lowest BCUT2D eigenvalue weighted by molar-refractivity contribution is -0.112. The van der Waals surface area contributed by atoms with Gasteiger partial charge in [0.2, 0.25) is 15.9 Å². The zero-order valence-corrected chi connectivity index (χ0v) is 17.0. The molecule has 0 aromatic heterocycles. The van der Waals surface area contributed by atoms with Gasteiger partial charge in [0.15, 0.2) is 0 Å². The van der Waals surface area contributed by atoms with E-state index in [-0.39, 0.29) is 24.5 Å². The Morgan fingerprint density at radius 2 is 1.89 bits per heavy atom. The number of hydrogen-bond acceptors (Lipinski definition) is 4. The molecule has 0 unspecified atom stereocenters. The summed E-state index contributed by atoms with van der Waals surface area (Å²) in [5.41, 5.74) is 1.61. The van der Waals surface area contributed by atoms with E-state index >= 15 is 0 Å². The first-order chi connectivity index (χ1) is 13.0. The molecule has 2 rings (SSSR count). The second-order valence-electron chi connectivity index (χ2n) is 7.18. The second-order valence-corrected chi connectivity index (χ2v) is 9.19. The minimum Gasteiger partial charge on any atom is -0.383 e.